The molecular weight excluding hydrogens is 160 g/mol. The minimum atomic E-state index is 0.115. The first kappa shape index (κ1) is 13.0. The van der Waals surface area contributed by atoms with Crippen LogP contribution in [0.3, 0.4) is 0 Å². The predicted octanol–water partition coefficient (Wildman–Crippen LogP) is 3.61. The van der Waals surface area contributed by atoms with E-state index in [2.05, 4.69) is 34.6 Å². The Bertz CT molecular complexity index is 120. The molecule has 1 nitrogen and oxygen atoms in total. The second-order valence-electron chi connectivity index (χ2n) is 5.69. The lowest BCUT2D eigenvalue weighted by atomic mass is 9.80. The Morgan fingerprint density at radius 1 is 0.923 bits per heavy atom. The smallest absolute Gasteiger partial charge is 0.0482 e. The third kappa shape index (κ3) is 6.09. The van der Waals surface area contributed by atoms with Crippen LogP contribution < -0.4 is 0 Å². The van der Waals surface area contributed by atoms with Crippen molar-refractivity contribution >= 4 is 0 Å². The van der Waals surface area contributed by atoms with E-state index in [1.54, 1.807) is 0 Å². The Labute approximate surface area is 83.5 Å². The summed E-state index contributed by atoms with van der Waals surface area (Å²) in [5.74, 6) is 0. The van der Waals surface area contributed by atoms with Crippen LogP contribution in [0.15, 0.2) is 0 Å². The van der Waals surface area contributed by atoms with Crippen molar-refractivity contribution < 1.29 is 5.11 Å². The maximum Gasteiger partial charge on any atom is 0.0482 e. The van der Waals surface area contributed by atoms with E-state index in [4.69, 9.17) is 5.11 Å². The van der Waals surface area contributed by atoms with Crippen molar-refractivity contribution in [3.63, 3.8) is 0 Å². The number of rotatable bonds is 6. The van der Waals surface area contributed by atoms with Gasteiger partial charge in [0.25, 0.3) is 0 Å². The van der Waals surface area contributed by atoms with Gasteiger partial charge in [-0.15, -0.1) is 0 Å². The molecule has 0 atom stereocenters. The zero-order valence-corrected chi connectivity index (χ0v) is 9.98. The van der Waals surface area contributed by atoms with Gasteiger partial charge in [0.15, 0.2) is 0 Å². The van der Waals surface area contributed by atoms with Gasteiger partial charge in [0.2, 0.25) is 0 Å². The molecule has 1 heteroatoms. The molecule has 0 saturated heterocycles. The highest BCUT2D eigenvalue weighted by Crippen LogP contribution is 2.30. The second kappa shape index (κ2) is 4.99. The molecule has 0 aliphatic heterocycles. The van der Waals surface area contributed by atoms with Gasteiger partial charge in [-0.1, -0.05) is 47.5 Å². The summed E-state index contributed by atoms with van der Waals surface area (Å²) >= 11 is 0. The fourth-order valence-corrected chi connectivity index (χ4v) is 1.30. The molecule has 0 aliphatic carbocycles. The topological polar surface area (TPSA) is 20.2 Å². The van der Waals surface area contributed by atoms with E-state index in [0.717, 1.165) is 6.42 Å². The lowest BCUT2D eigenvalue weighted by Gasteiger charge is -2.26. The number of hydrogen-bond donors (Lipinski definition) is 1. The summed E-state index contributed by atoms with van der Waals surface area (Å²) in [6.45, 7) is 11.5. The van der Waals surface area contributed by atoms with Crippen molar-refractivity contribution in [3.8, 4) is 0 Å². The first-order chi connectivity index (χ1) is 5.83. The van der Waals surface area contributed by atoms with Crippen LogP contribution in [0.4, 0.5) is 0 Å². The molecule has 0 aromatic rings. The van der Waals surface area contributed by atoms with Gasteiger partial charge in [0.1, 0.15) is 0 Å². The molecule has 0 saturated carbocycles. The molecule has 80 valence electrons. The monoisotopic (exact) mass is 186 g/mol. The van der Waals surface area contributed by atoms with Gasteiger partial charge in [0.05, 0.1) is 0 Å². The van der Waals surface area contributed by atoms with Crippen molar-refractivity contribution in [1.82, 2.24) is 0 Å². The zero-order chi connectivity index (χ0) is 10.5. The molecule has 0 heterocycles. The third-order valence-electron chi connectivity index (χ3n) is 3.09. The molecule has 0 aromatic carbocycles. The predicted molar refractivity (Wildman–Crippen MR) is 58.8 cm³/mol. The van der Waals surface area contributed by atoms with Crippen LogP contribution in [-0.2, 0) is 0 Å². The average Bonchev–Trinajstić information content (AvgIpc) is 2.04. The summed E-state index contributed by atoms with van der Waals surface area (Å²) in [5.41, 5.74) is 0.593. The van der Waals surface area contributed by atoms with Gasteiger partial charge in [-0.05, 0) is 23.7 Å². The minimum Gasteiger partial charge on any atom is -0.396 e. The van der Waals surface area contributed by atoms with Crippen LogP contribution in [0.1, 0.15) is 60.3 Å². The second-order valence-corrected chi connectivity index (χ2v) is 5.69. The standard InChI is InChI=1S/C12H26O/c1-6-11(2,3)8-7-9-12(4,5)10-13/h13H,6-10H2,1-5H3. The van der Waals surface area contributed by atoms with Crippen molar-refractivity contribution in [2.75, 3.05) is 6.61 Å². The van der Waals surface area contributed by atoms with Gasteiger partial charge in [0, 0.05) is 6.61 Å². The summed E-state index contributed by atoms with van der Waals surface area (Å²) in [4.78, 5) is 0. The fraction of sp³-hybridized carbons (Fsp3) is 1.00. The van der Waals surface area contributed by atoms with Crippen molar-refractivity contribution in [1.29, 1.82) is 0 Å². The van der Waals surface area contributed by atoms with Crippen LogP contribution in [0.2, 0.25) is 0 Å². The molecule has 0 aromatic heterocycles. The highest BCUT2D eigenvalue weighted by Gasteiger charge is 2.19. The first-order valence-corrected chi connectivity index (χ1v) is 5.44. The van der Waals surface area contributed by atoms with E-state index in [1.165, 1.54) is 19.3 Å². The van der Waals surface area contributed by atoms with E-state index in [1.807, 2.05) is 0 Å². The fourth-order valence-electron chi connectivity index (χ4n) is 1.30. The number of aliphatic hydroxyl groups is 1. The zero-order valence-electron chi connectivity index (χ0n) is 9.98. The van der Waals surface area contributed by atoms with Crippen molar-refractivity contribution in [3.05, 3.63) is 0 Å². The summed E-state index contributed by atoms with van der Waals surface area (Å²) < 4.78 is 0. The molecule has 0 fully saturated rings. The van der Waals surface area contributed by atoms with Crippen LogP contribution in [0.25, 0.3) is 0 Å². The van der Waals surface area contributed by atoms with E-state index >= 15 is 0 Å². The summed E-state index contributed by atoms with van der Waals surface area (Å²) in [5, 5.41) is 9.08. The molecular formula is C12H26O. The molecule has 1 N–H and O–H groups in total. The molecule has 0 bridgehead atoms. The van der Waals surface area contributed by atoms with Crippen LogP contribution in [-0.4, -0.2) is 11.7 Å². The maximum absolute atomic E-state index is 9.08. The maximum atomic E-state index is 9.08. The number of hydrogen-bond acceptors (Lipinski definition) is 1. The Kier molecular flexibility index (Phi) is 4.98. The van der Waals surface area contributed by atoms with Gasteiger partial charge in [-0.3, -0.25) is 0 Å². The van der Waals surface area contributed by atoms with Crippen molar-refractivity contribution in [2.45, 2.75) is 60.3 Å². The summed E-state index contributed by atoms with van der Waals surface area (Å²) in [6, 6.07) is 0. The van der Waals surface area contributed by atoms with E-state index in [0.29, 0.717) is 12.0 Å². The summed E-state index contributed by atoms with van der Waals surface area (Å²) in [6.07, 6.45) is 4.88. The minimum absolute atomic E-state index is 0.115. The highest BCUT2D eigenvalue weighted by molar-refractivity contribution is 4.71. The van der Waals surface area contributed by atoms with Crippen LogP contribution in [0.5, 0.6) is 0 Å². The average molecular weight is 186 g/mol. The Morgan fingerprint density at radius 2 is 1.38 bits per heavy atom. The summed E-state index contributed by atoms with van der Waals surface area (Å²) in [7, 11) is 0. The SMILES string of the molecule is CCC(C)(C)CCCC(C)(C)CO. The van der Waals surface area contributed by atoms with Gasteiger partial charge >= 0.3 is 0 Å². The van der Waals surface area contributed by atoms with E-state index in [-0.39, 0.29) is 5.41 Å². The van der Waals surface area contributed by atoms with Gasteiger partial charge < -0.3 is 5.11 Å². The number of aliphatic hydroxyl groups excluding tert-OH is 1. The first-order valence-electron chi connectivity index (χ1n) is 5.44. The van der Waals surface area contributed by atoms with Crippen LogP contribution >= 0.6 is 0 Å². The van der Waals surface area contributed by atoms with E-state index in [9.17, 15) is 0 Å². The molecule has 0 radical (unpaired) electrons. The molecule has 13 heavy (non-hydrogen) atoms. The largest absolute Gasteiger partial charge is 0.396 e. The quantitative estimate of drug-likeness (QED) is 0.672. The van der Waals surface area contributed by atoms with Crippen molar-refractivity contribution in [2.24, 2.45) is 10.8 Å². The molecule has 0 aliphatic rings. The van der Waals surface area contributed by atoms with E-state index < -0.39 is 0 Å². The van der Waals surface area contributed by atoms with Crippen LogP contribution in [0, 0.1) is 10.8 Å². The molecule has 0 spiro atoms. The molecule has 0 unspecified atom stereocenters. The Hall–Kier alpha value is -0.0400. The Morgan fingerprint density at radius 3 is 1.77 bits per heavy atom. The highest BCUT2D eigenvalue weighted by atomic mass is 16.3. The van der Waals surface area contributed by atoms with Gasteiger partial charge in [-0.2, -0.15) is 0 Å². The van der Waals surface area contributed by atoms with Gasteiger partial charge in [-0.25, -0.2) is 0 Å². The lowest BCUT2D eigenvalue weighted by Crippen LogP contribution is -2.18. The Balaban J connectivity index is 3.68. The molecule has 0 amide bonds. The lowest BCUT2D eigenvalue weighted by molar-refractivity contribution is 0.141. The molecule has 0 rings (SSSR count). The normalized spacial score (nSPS) is 13.4. The third-order valence-corrected chi connectivity index (χ3v) is 3.09.